The Labute approximate surface area is 398 Å². The summed E-state index contributed by atoms with van der Waals surface area (Å²) in [5, 5.41) is 6.36. The molecule has 0 aliphatic carbocycles. The van der Waals surface area contributed by atoms with Crippen molar-refractivity contribution in [3.8, 4) is 0 Å². The van der Waals surface area contributed by atoms with Crippen LogP contribution < -0.4 is 31.8 Å². The van der Waals surface area contributed by atoms with Gasteiger partial charge in [0.2, 0.25) is 11.9 Å². The summed E-state index contributed by atoms with van der Waals surface area (Å²) in [4.78, 5) is 62.2. The Morgan fingerprint density at radius 1 is 0.676 bits per heavy atom. The predicted molar refractivity (Wildman–Crippen MR) is 242 cm³/mol. The highest BCUT2D eigenvalue weighted by molar-refractivity contribution is 6.03. The van der Waals surface area contributed by atoms with Crippen LogP contribution in [0.2, 0.25) is 0 Å². The fourth-order valence-corrected chi connectivity index (χ4v) is 6.41. The number of alkyl halides is 6. The number of carbonyl (C=O) groups is 3. The number of carbonyl (C=O) groups excluding carboxylic acids is 3. The van der Waals surface area contributed by atoms with E-state index in [1.807, 2.05) is 0 Å². The third-order valence-corrected chi connectivity index (χ3v) is 9.81. The molecule has 0 atom stereocenters. The molecule has 2 saturated heterocycles. The summed E-state index contributed by atoms with van der Waals surface area (Å²) >= 11 is 0. The number of benzene rings is 2. The van der Waals surface area contributed by atoms with Crippen molar-refractivity contribution in [3.63, 3.8) is 0 Å². The number of aromatic nitrogens is 6. The van der Waals surface area contributed by atoms with Crippen LogP contribution in [0, 0.1) is 11.6 Å². The number of nitrogens with two attached hydrogens (primary N) is 1. The van der Waals surface area contributed by atoms with E-state index >= 15 is 0 Å². The lowest BCUT2D eigenvalue weighted by molar-refractivity contribution is -0.138. The lowest BCUT2D eigenvalue weighted by Crippen LogP contribution is -2.37. The highest BCUT2D eigenvalue weighted by Gasteiger charge is 2.31. The smallest absolute Gasteiger partial charge is 0.378 e. The molecule has 2 aromatic carbocycles. The SMILES string of the molecule is NNc1ncc(F)c(N2CCOCC2)n1.O=C(Nc1cccc(C(F)(F)F)c1)c1cccc(/C=N/Nc2ncc(F)c(N3CCOCC3)n2)n1.O=Cc1cccc(C(=O)Cc2cccc(C(F)(F)F)c2)n1. The number of nitrogens with zero attached hydrogens (tertiary/aromatic N) is 9. The van der Waals surface area contributed by atoms with Gasteiger partial charge < -0.3 is 24.6 Å². The standard InChI is InChI=1S/C22H19F4N7O2.C15H10F3NO2.C8H12FN5O/c23-17-13-27-21(31-19(17)33-7-9-35-10-8-33)32-28-12-16-5-2-6-18(29-16)20(34)30-15-4-1-3-14(11-15)22(24,25)26;16-15(17,18)11-4-1-3-10(7-11)8-14(21)13-6-2-5-12(9-20)19-13;9-6-5-11-8(13-10)12-7(6)14-1-3-15-4-2-14/h1-6,11-13H,7-10H2,(H,30,34)(H,27,31,32);1-7,9H,8H2;5H,1-4,10H2,(H,11,12,13)/b28-12+;;. The lowest BCUT2D eigenvalue weighted by atomic mass is 10.0. The molecule has 0 radical (unpaired) electrons. The van der Waals surface area contributed by atoms with Gasteiger partial charge in [0.15, 0.2) is 35.3 Å². The number of hydrazine groups is 1. The molecule has 372 valence electrons. The van der Waals surface area contributed by atoms with Crippen LogP contribution in [0.25, 0.3) is 0 Å². The van der Waals surface area contributed by atoms with Crippen molar-refractivity contribution < 1.29 is 59.0 Å². The Morgan fingerprint density at radius 2 is 1.20 bits per heavy atom. The van der Waals surface area contributed by atoms with E-state index in [1.165, 1.54) is 54.7 Å². The number of hydrogen-bond donors (Lipinski definition) is 4. The minimum Gasteiger partial charge on any atom is -0.378 e. The first-order valence-corrected chi connectivity index (χ1v) is 21.0. The van der Waals surface area contributed by atoms with Gasteiger partial charge in [-0.2, -0.15) is 41.4 Å². The molecule has 1 amide bonds. The van der Waals surface area contributed by atoms with Crippen LogP contribution in [-0.4, -0.2) is 107 Å². The van der Waals surface area contributed by atoms with Crippen molar-refractivity contribution in [2.24, 2.45) is 10.9 Å². The molecule has 2 aliphatic heterocycles. The van der Waals surface area contributed by atoms with E-state index in [9.17, 15) is 49.5 Å². The minimum atomic E-state index is -4.53. The first-order chi connectivity index (χ1) is 34.0. The monoisotopic (exact) mass is 995 g/mol. The number of hydrogen-bond acceptors (Lipinski definition) is 17. The molecular weight excluding hydrogens is 955 g/mol. The van der Waals surface area contributed by atoms with Crippen LogP contribution in [0.15, 0.2) is 102 Å². The number of amides is 1. The maximum Gasteiger partial charge on any atom is 0.416 e. The summed E-state index contributed by atoms with van der Waals surface area (Å²) in [5.74, 6) is 3.67. The Morgan fingerprint density at radius 3 is 1.79 bits per heavy atom. The van der Waals surface area contributed by atoms with Gasteiger partial charge in [-0.25, -0.2) is 40.0 Å². The van der Waals surface area contributed by atoms with Gasteiger partial charge in [0, 0.05) is 38.3 Å². The van der Waals surface area contributed by atoms with Crippen molar-refractivity contribution >= 4 is 53.4 Å². The lowest BCUT2D eigenvalue weighted by Gasteiger charge is -2.27. The molecule has 2 aliphatic rings. The van der Waals surface area contributed by atoms with Crippen molar-refractivity contribution in [2.75, 3.05) is 78.6 Å². The molecule has 26 heteroatoms. The molecule has 2 fully saturated rings. The van der Waals surface area contributed by atoms with Crippen LogP contribution in [0.5, 0.6) is 0 Å². The van der Waals surface area contributed by atoms with Gasteiger partial charge in [-0.05, 0) is 54.1 Å². The van der Waals surface area contributed by atoms with Gasteiger partial charge in [0.05, 0.1) is 61.9 Å². The fourth-order valence-electron chi connectivity index (χ4n) is 6.41. The summed E-state index contributed by atoms with van der Waals surface area (Å²) in [6.45, 7) is 4.33. The van der Waals surface area contributed by atoms with E-state index in [0.717, 1.165) is 36.7 Å². The maximum absolute atomic E-state index is 14.1. The number of nitrogens with one attached hydrogen (secondary N) is 3. The van der Waals surface area contributed by atoms with Crippen LogP contribution in [0.4, 0.5) is 64.3 Å². The zero-order valence-corrected chi connectivity index (χ0v) is 36.9. The predicted octanol–water partition coefficient (Wildman–Crippen LogP) is 6.64. The summed E-state index contributed by atoms with van der Waals surface area (Å²) in [5.41, 5.74) is 3.82. The quantitative estimate of drug-likeness (QED) is 0.0252. The number of hydrazone groups is 1. The molecule has 0 saturated carbocycles. The van der Waals surface area contributed by atoms with Crippen molar-refractivity contribution in [1.82, 2.24) is 29.9 Å². The number of ether oxygens (including phenoxy) is 2. The van der Waals surface area contributed by atoms with Gasteiger partial charge in [-0.15, -0.1) is 0 Å². The molecule has 0 spiro atoms. The Hall–Kier alpha value is -8.10. The molecule has 0 unspecified atom stereocenters. The van der Waals surface area contributed by atoms with E-state index < -0.39 is 46.8 Å². The van der Waals surface area contributed by atoms with Crippen molar-refractivity contribution in [2.45, 2.75) is 18.8 Å². The Bertz CT molecular complexity index is 2810. The number of rotatable bonds is 12. The zero-order valence-electron chi connectivity index (χ0n) is 36.9. The highest BCUT2D eigenvalue weighted by atomic mass is 19.4. The molecule has 6 aromatic rings. The number of morpholine rings is 2. The minimum absolute atomic E-state index is 0.0168. The molecule has 6 heterocycles. The first kappa shape index (κ1) is 52.3. The van der Waals surface area contributed by atoms with Gasteiger partial charge in [-0.1, -0.05) is 36.4 Å². The van der Waals surface area contributed by atoms with Crippen LogP contribution in [0.3, 0.4) is 0 Å². The molecule has 0 bridgehead atoms. The maximum atomic E-state index is 14.1. The summed E-state index contributed by atoms with van der Waals surface area (Å²) in [6.07, 6.45) is -5.25. The number of ketones is 1. The number of anilines is 5. The van der Waals surface area contributed by atoms with Crippen LogP contribution in [-0.2, 0) is 28.2 Å². The molecule has 18 nitrogen and oxygen atoms in total. The van der Waals surface area contributed by atoms with Crippen molar-refractivity contribution in [3.05, 3.63) is 148 Å². The van der Waals surface area contributed by atoms with E-state index in [0.29, 0.717) is 58.9 Å². The van der Waals surface area contributed by atoms with Crippen molar-refractivity contribution in [1.29, 1.82) is 0 Å². The largest absolute Gasteiger partial charge is 0.416 e. The van der Waals surface area contributed by atoms with E-state index in [-0.39, 0.29) is 64.0 Å². The van der Waals surface area contributed by atoms with Crippen LogP contribution >= 0.6 is 0 Å². The first-order valence-electron chi connectivity index (χ1n) is 21.0. The third kappa shape index (κ3) is 15.4. The second-order valence-corrected chi connectivity index (χ2v) is 14.8. The molecule has 5 N–H and O–H groups in total. The van der Waals surface area contributed by atoms with Gasteiger partial charge in [0.1, 0.15) is 17.1 Å². The second-order valence-electron chi connectivity index (χ2n) is 14.8. The average molecular weight is 996 g/mol. The van der Waals surface area contributed by atoms with E-state index in [1.54, 1.807) is 21.9 Å². The average Bonchev–Trinajstić information content (AvgIpc) is 3.37. The Balaban J connectivity index is 0.000000193. The second kappa shape index (κ2) is 24.4. The number of Topliss-reactive ketones (excluding diaryl/α,β-unsaturated/α-hetero) is 1. The Kier molecular flexibility index (Phi) is 18.0. The van der Waals surface area contributed by atoms with Gasteiger partial charge in [-0.3, -0.25) is 19.8 Å². The van der Waals surface area contributed by atoms with E-state index in [4.69, 9.17) is 15.3 Å². The van der Waals surface area contributed by atoms with Crippen LogP contribution in [0.1, 0.15) is 53.8 Å². The normalized spacial score (nSPS) is 13.8. The molecule has 71 heavy (non-hydrogen) atoms. The summed E-state index contributed by atoms with van der Waals surface area (Å²) < 4.78 is 114. The topological polar surface area (TPSA) is 228 Å². The number of halogens is 8. The zero-order chi connectivity index (χ0) is 51.0. The van der Waals surface area contributed by atoms with Gasteiger partial charge in [0.25, 0.3) is 5.91 Å². The van der Waals surface area contributed by atoms with E-state index in [2.05, 4.69) is 51.2 Å². The molecule has 8 rings (SSSR count). The molecule has 4 aromatic heterocycles. The highest BCUT2D eigenvalue weighted by Crippen LogP contribution is 2.31. The number of pyridine rings is 2. The summed E-state index contributed by atoms with van der Waals surface area (Å²) in [6, 6.07) is 17.7. The fraction of sp³-hybridized carbons (Fsp3) is 0.244. The number of nitrogen functional groups attached to an aromatic ring is 1. The number of aldehydes is 1. The molecular formula is C45H41F8N13O5. The third-order valence-electron chi connectivity index (χ3n) is 9.81. The summed E-state index contributed by atoms with van der Waals surface area (Å²) in [7, 11) is 0. The van der Waals surface area contributed by atoms with Gasteiger partial charge >= 0.3 is 12.4 Å².